The molecule has 0 radical (unpaired) electrons. The van der Waals surface area contributed by atoms with E-state index in [4.69, 9.17) is 11.6 Å². The zero-order valence-corrected chi connectivity index (χ0v) is 14.9. The first kappa shape index (κ1) is 17.2. The van der Waals surface area contributed by atoms with Crippen molar-refractivity contribution in [3.05, 3.63) is 46.8 Å². The van der Waals surface area contributed by atoms with Crippen LogP contribution >= 0.6 is 11.6 Å². The molecule has 4 atom stereocenters. The molecule has 26 heavy (non-hydrogen) atoms. The van der Waals surface area contributed by atoms with E-state index in [1.165, 1.54) is 23.1 Å². The average Bonchev–Trinajstić information content (AvgIpc) is 3.27. The zero-order chi connectivity index (χ0) is 18.6. The summed E-state index contributed by atoms with van der Waals surface area (Å²) in [5, 5.41) is 0.232. The topological polar surface area (TPSA) is 57.7 Å². The Morgan fingerprint density at radius 3 is 2.42 bits per heavy atom. The number of likely N-dealkylation sites (tertiary alicyclic amines) is 1. The Morgan fingerprint density at radius 1 is 1.23 bits per heavy atom. The molecule has 2 fully saturated rings. The van der Waals surface area contributed by atoms with Crippen molar-refractivity contribution >= 4 is 29.3 Å². The summed E-state index contributed by atoms with van der Waals surface area (Å²) in [5.74, 6) is -1.64. The lowest BCUT2D eigenvalue weighted by molar-refractivity contribution is -0.146. The lowest BCUT2D eigenvalue weighted by atomic mass is 9.85. The lowest BCUT2D eigenvalue weighted by Crippen LogP contribution is -2.42. The van der Waals surface area contributed by atoms with E-state index in [9.17, 15) is 18.8 Å². The molecule has 7 heteroatoms. The molecule has 1 heterocycles. The molecule has 2 bridgehead atoms. The first-order valence-electron chi connectivity index (χ1n) is 8.58. The van der Waals surface area contributed by atoms with Crippen molar-refractivity contribution in [2.45, 2.75) is 13.0 Å². The van der Waals surface area contributed by atoms with Gasteiger partial charge in [-0.3, -0.25) is 19.3 Å². The van der Waals surface area contributed by atoms with Gasteiger partial charge < -0.3 is 4.90 Å². The molecule has 0 aromatic heterocycles. The molecule has 3 amide bonds. The molecule has 2 aliphatic carbocycles. The third-order valence-electron chi connectivity index (χ3n) is 5.70. The quantitative estimate of drug-likeness (QED) is 0.598. The highest BCUT2D eigenvalue weighted by Crippen LogP contribution is 2.52. The first-order valence-corrected chi connectivity index (χ1v) is 8.96. The van der Waals surface area contributed by atoms with Gasteiger partial charge in [-0.25, -0.2) is 4.39 Å². The van der Waals surface area contributed by atoms with Crippen molar-refractivity contribution in [3.8, 4) is 0 Å². The van der Waals surface area contributed by atoms with Gasteiger partial charge in [-0.2, -0.15) is 0 Å². The molecule has 1 aromatic carbocycles. The number of allylic oxidation sites excluding steroid dienone is 2. The molecule has 1 saturated carbocycles. The number of halogens is 2. The van der Waals surface area contributed by atoms with Crippen LogP contribution in [-0.2, 0) is 20.9 Å². The largest absolute Gasteiger partial charge is 0.340 e. The van der Waals surface area contributed by atoms with E-state index < -0.39 is 5.82 Å². The summed E-state index contributed by atoms with van der Waals surface area (Å²) in [6.07, 6.45) is 4.90. The van der Waals surface area contributed by atoms with Crippen molar-refractivity contribution in [2.75, 3.05) is 13.6 Å². The smallest absolute Gasteiger partial charge is 0.242 e. The molecule has 0 unspecified atom stereocenters. The van der Waals surface area contributed by atoms with Gasteiger partial charge in [0.1, 0.15) is 12.4 Å². The van der Waals surface area contributed by atoms with Crippen LogP contribution in [-0.4, -0.2) is 41.1 Å². The number of carbonyl (C=O) groups excluding carboxylic acids is 3. The molecule has 1 aromatic rings. The highest BCUT2D eigenvalue weighted by Gasteiger charge is 2.59. The van der Waals surface area contributed by atoms with Crippen LogP contribution in [0.1, 0.15) is 12.0 Å². The summed E-state index contributed by atoms with van der Waals surface area (Å²) in [6, 6.07) is 3.98. The van der Waals surface area contributed by atoms with Gasteiger partial charge in [-0.05, 0) is 36.0 Å². The SMILES string of the molecule is CN(Cc1ccc(F)cc1Cl)C(=O)CN1C(=O)[C@@H]2[C@@H](C1=O)[C@H]1C=C[C@H]2C1. The van der Waals surface area contributed by atoms with Crippen molar-refractivity contribution in [2.24, 2.45) is 23.7 Å². The maximum atomic E-state index is 13.1. The van der Waals surface area contributed by atoms with E-state index in [-0.39, 0.29) is 59.5 Å². The van der Waals surface area contributed by atoms with E-state index in [0.717, 1.165) is 11.3 Å². The van der Waals surface area contributed by atoms with Gasteiger partial charge in [0.25, 0.3) is 0 Å². The Hall–Kier alpha value is -2.21. The predicted octanol–water partition coefficient (Wildman–Crippen LogP) is 2.24. The molecule has 136 valence electrons. The lowest BCUT2D eigenvalue weighted by Gasteiger charge is -2.22. The molecule has 0 N–H and O–H groups in total. The highest BCUT2D eigenvalue weighted by atomic mass is 35.5. The maximum absolute atomic E-state index is 13.1. The molecular formula is C19H18ClFN2O3. The van der Waals surface area contributed by atoms with E-state index in [1.807, 2.05) is 12.2 Å². The van der Waals surface area contributed by atoms with Gasteiger partial charge in [-0.1, -0.05) is 29.8 Å². The highest BCUT2D eigenvalue weighted by molar-refractivity contribution is 6.31. The Balaban J connectivity index is 1.43. The van der Waals surface area contributed by atoms with Crippen LogP contribution in [0.25, 0.3) is 0 Å². The van der Waals surface area contributed by atoms with Gasteiger partial charge in [0.2, 0.25) is 17.7 Å². The van der Waals surface area contributed by atoms with Gasteiger partial charge in [0.15, 0.2) is 0 Å². The molecule has 1 aliphatic heterocycles. The number of imide groups is 1. The van der Waals surface area contributed by atoms with E-state index >= 15 is 0 Å². The standard InChI is InChI=1S/C19H18ClFN2O3/c1-22(8-12-4-5-13(21)7-14(12)20)15(24)9-23-18(25)16-10-2-3-11(6-10)17(16)19(23)26/h2-5,7,10-11,16-17H,6,8-9H2,1H3/t10-,11-,16-,17-/m0/s1. The molecule has 5 nitrogen and oxygen atoms in total. The summed E-state index contributed by atoms with van der Waals surface area (Å²) in [7, 11) is 1.57. The maximum Gasteiger partial charge on any atom is 0.242 e. The van der Waals surface area contributed by atoms with Crippen molar-refractivity contribution in [1.29, 1.82) is 0 Å². The van der Waals surface area contributed by atoms with Crippen LogP contribution in [0.3, 0.4) is 0 Å². The number of benzene rings is 1. The minimum absolute atomic E-state index is 0.123. The van der Waals surface area contributed by atoms with E-state index in [2.05, 4.69) is 0 Å². The van der Waals surface area contributed by atoms with Crippen molar-refractivity contribution in [3.63, 3.8) is 0 Å². The Labute approximate surface area is 155 Å². The fraction of sp³-hybridized carbons (Fsp3) is 0.421. The summed E-state index contributed by atoms with van der Waals surface area (Å²) in [4.78, 5) is 40.3. The van der Waals surface area contributed by atoms with Gasteiger partial charge >= 0.3 is 0 Å². The first-order chi connectivity index (χ1) is 12.4. The fourth-order valence-electron chi connectivity index (χ4n) is 4.37. The van der Waals surface area contributed by atoms with Crippen LogP contribution in [0.2, 0.25) is 5.02 Å². The van der Waals surface area contributed by atoms with Gasteiger partial charge in [0, 0.05) is 18.6 Å². The van der Waals surface area contributed by atoms with E-state index in [1.54, 1.807) is 7.05 Å². The number of hydrogen-bond acceptors (Lipinski definition) is 3. The summed E-state index contributed by atoms with van der Waals surface area (Å²) < 4.78 is 13.1. The monoisotopic (exact) mass is 376 g/mol. The van der Waals surface area contributed by atoms with Crippen LogP contribution in [0.5, 0.6) is 0 Å². The second kappa shape index (κ2) is 6.20. The number of carbonyl (C=O) groups is 3. The molecule has 4 rings (SSSR count). The summed E-state index contributed by atoms with van der Waals surface area (Å²) in [6.45, 7) is -0.0900. The number of amides is 3. The number of likely N-dealkylation sites (N-methyl/N-ethyl adjacent to an activating group) is 1. The fourth-order valence-corrected chi connectivity index (χ4v) is 4.60. The Morgan fingerprint density at radius 2 is 1.85 bits per heavy atom. The molecule has 3 aliphatic rings. The third kappa shape index (κ3) is 2.63. The van der Waals surface area contributed by atoms with Crippen molar-refractivity contribution < 1.29 is 18.8 Å². The van der Waals surface area contributed by atoms with Crippen LogP contribution < -0.4 is 0 Å². The van der Waals surface area contributed by atoms with Crippen LogP contribution in [0.4, 0.5) is 4.39 Å². The van der Waals surface area contributed by atoms with Gasteiger partial charge in [0.05, 0.1) is 11.8 Å². The van der Waals surface area contributed by atoms with E-state index in [0.29, 0.717) is 5.56 Å². The van der Waals surface area contributed by atoms with Crippen LogP contribution in [0.15, 0.2) is 30.4 Å². The number of hydrogen-bond donors (Lipinski definition) is 0. The number of nitrogens with zero attached hydrogens (tertiary/aromatic N) is 2. The summed E-state index contributed by atoms with van der Waals surface area (Å²) in [5.41, 5.74) is 0.599. The van der Waals surface area contributed by atoms with Crippen molar-refractivity contribution in [1.82, 2.24) is 9.80 Å². The average molecular weight is 377 g/mol. The normalized spacial score (nSPS) is 28.8. The minimum Gasteiger partial charge on any atom is -0.340 e. The second-order valence-corrected chi connectivity index (χ2v) is 7.66. The van der Waals surface area contributed by atoms with Crippen LogP contribution in [0, 0.1) is 29.5 Å². The third-order valence-corrected chi connectivity index (χ3v) is 6.06. The molecule has 0 spiro atoms. The van der Waals surface area contributed by atoms with Gasteiger partial charge in [-0.15, -0.1) is 0 Å². The Kier molecular flexibility index (Phi) is 4.10. The Bertz CT molecular complexity index is 810. The molecular weight excluding hydrogens is 359 g/mol. The zero-order valence-electron chi connectivity index (χ0n) is 14.2. The summed E-state index contributed by atoms with van der Waals surface area (Å²) >= 11 is 6.00. The second-order valence-electron chi connectivity index (χ2n) is 7.25. The molecule has 1 saturated heterocycles. The number of fused-ring (bicyclic) bond motifs is 5. The number of rotatable bonds is 4. The predicted molar refractivity (Wildman–Crippen MR) is 92.3 cm³/mol. The minimum atomic E-state index is -0.448.